The molecule has 0 aliphatic carbocycles. The van der Waals surface area contributed by atoms with Crippen LogP contribution in [0.15, 0.2) is 24.3 Å². The van der Waals surface area contributed by atoms with Gasteiger partial charge in [-0.15, -0.1) is 12.4 Å². The van der Waals surface area contributed by atoms with Crippen LogP contribution >= 0.6 is 12.4 Å². The summed E-state index contributed by atoms with van der Waals surface area (Å²) in [5.74, 6) is 0.667. The molecule has 0 unspecified atom stereocenters. The van der Waals surface area contributed by atoms with Gasteiger partial charge in [-0.3, -0.25) is 4.79 Å². The first-order chi connectivity index (χ1) is 5.77. The summed E-state index contributed by atoms with van der Waals surface area (Å²) in [4.78, 5) is 11.1. The minimum atomic E-state index is -0.0855. The van der Waals surface area contributed by atoms with Gasteiger partial charge >= 0.3 is 0 Å². The van der Waals surface area contributed by atoms with E-state index in [1.807, 2.05) is 0 Å². The highest BCUT2D eigenvalue weighted by Crippen LogP contribution is 2.10. The topological polar surface area (TPSA) is 38.3 Å². The van der Waals surface area contributed by atoms with Gasteiger partial charge in [0.2, 0.25) is 0 Å². The predicted octanol–water partition coefficient (Wildman–Crippen LogP) is 1.48. The normalized spacial score (nSPS) is 8.46. The van der Waals surface area contributed by atoms with Gasteiger partial charge in [-0.25, -0.2) is 0 Å². The monoisotopic (exact) mass is 201 g/mol. The standard InChI is InChI=1S/C9H11NO2.ClH/c1-10-9(11)7-3-5-8(12-2)6-4-7;/h3-6H,1-2H3,(H,10,11);1H. The van der Waals surface area contributed by atoms with E-state index in [9.17, 15) is 4.79 Å². The number of halogens is 1. The lowest BCUT2D eigenvalue weighted by Gasteiger charge is -2.01. The molecule has 4 heteroatoms. The Morgan fingerprint density at radius 3 is 2.23 bits per heavy atom. The molecule has 3 nitrogen and oxygen atoms in total. The van der Waals surface area contributed by atoms with E-state index in [1.165, 1.54) is 0 Å². The van der Waals surface area contributed by atoms with Crippen LogP contribution in [0.5, 0.6) is 5.75 Å². The maximum atomic E-state index is 11.1. The molecular formula is C9H12ClNO2. The third-order valence-electron chi connectivity index (χ3n) is 1.58. The van der Waals surface area contributed by atoms with Crippen molar-refractivity contribution >= 4 is 18.3 Å². The fourth-order valence-electron chi connectivity index (χ4n) is 0.887. The molecule has 13 heavy (non-hydrogen) atoms. The molecule has 1 aromatic carbocycles. The number of hydrogen-bond donors (Lipinski definition) is 1. The van der Waals surface area contributed by atoms with E-state index in [0.29, 0.717) is 5.56 Å². The fourth-order valence-corrected chi connectivity index (χ4v) is 0.887. The molecule has 72 valence electrons. The molecule has 0 bridgehead atoms. The number of carbonyl (C=O) groups excluding carboxylic acids is 1. The van der Waals surface area contributed by atoms with Crippen LogP contribution in [-0.4, -0.2) is 20.1 Å². The average molecular weight is 202 g/mol. The lowest BCUT2D eigenvalue weighted by molar-refractivity contribution is 0.0963. The number of rotatable bonds is 2. The number of benzene rings is 1. The van der Waals surface area contributed by atoms with Crippen molar-refractivity contribution in [3.05, 3.63) is 29.8 Å². The lowest BCUT2D eigenvalue weighted by Crippen LogP contribution is -2.17. The van der Waals surface area contributed by atoms with Crippen LogP contribution in [-0.2, 0) is 0 Å². The highest BCUT2D eigenvalue weighted by atomic mass is 35.5. The van der Waals surface area contributed by atoms with Gasteiger partial charge in [-0.05, 0) is 24.3 Å². The van der Waals surface area contributed by atoms with Crippen molar-refractivity contribution in [2.75, 3.05) is 14.2 Å². The molecule has 0 aromatic heterocycles. The fraction of sp³-hybridized carbons (Fsp3) is 0.222. The van der Waals surface area contributed by atoms with Gasteiger partial charge in [0.15, 0.2) is 0 Å². The van der Waals surface area contributed by atoms with E-state index < -0.39 is 0 Å². The maximum Gasteiger partial charge on any atom is 0.251 e. The molecule has 0 atom stereocenters. The average Bonchev–Trinajstić information content (AvgIpc) is 2.17. The van der Waals surface area contributed by atoms with Crippen LogP contribution in [0.3, 0.4) is 0 Å². The van der Waals surface area contributed by atoms with Crippen LogP contribution in [0.25, 0.3) is 0 Å². The summed E-state index contributed by atoms with van der Waals surface area (Å²) < 4.78 is 4.95. The van der Waals surface area contributed by atoms with Crippen LogP contribution in [0.1, 0.15) is 10.4 Å². The van der Waals surface area contributed by atoms with E-state index in [4.69, 9.17) is 4.74 Å². The molecular weight excluding hydrogens is 190 g/mol. The Hall–Kier alpha value is -1.22. The van der Waals surface area contributed by atoms with Gasteiger partial charge in [0, 0.05) is 12.6 Å². The summed E-state index contributed by atoms with van der Waals surface area (Å²) in [6, 6.07) is 6.95. The lowest BCUT2D eigenvalue weighted by atomic mass is 10.2. The van der Waals surface area contributed by atoms with Crippen LogP contribution in [0, 0.1) is 0 Å². The summed E-state index contributed by atoms with van der Waals surface area (Å²) in [7, 11) is 3.20. The minimum absolute atomic E-state index is 0. The summed E-state index contributed by atoms with van der Waals surface area (Å²) >= 11 is 0. The molecule has 0 aliphatic heterocycles. The van der Waals surface area contributed by atoms with Gasteiger partial charge in [-0.2, -0.15) is 0 Å². The van der Waals surface area contributed by atoms with Crippen molar-refractivity contribution in [1.29, 1.82) is 0 Å². The van der Waals surface area contributed by atoms with Crippen molar-refractivity contribution in [3.8, 4) is 5.75 Å². The van der Waals surface area contributed by atoms with E-state index in [1.54, 1.807) is 38.4 Å². The molecule has 0 aliphatic rings. The first kappa shape index (κ1) is 11.8. The molecule has 0 saturated heterocycles. The molecule has 0 radical (unpaired) electrons. The van der Waals surface area contributed by atoms with Crippen LogP contribution in [0.4, 0.5) is 0 Å². The Morgan fingerprint density at radius 2 is 1.85 bits per heavy atom. The third-order valence-corrected chi connectivity index (χ3v) is 1.58. The van der Waals surface area contributed by atoms with Crippen molar-refractivity contribution in [2.24, 2.45) is 0 Å². The first-order valence-electron chi connectivity index (χ1n) is 3.64. The van der Waals surface area contributed by atoms with Gasteiger partial charge in [0.25, 0.3) is 5.91 Å². The smallest absolute Gasteiger partial charge is 0.251 e. The molecule has 1 aromatic rings. The molecule has 1 amide bonds. The summed E-state index contributed by atoms with van der Waals surface area (Å²) in [6.07, 6.45) is 0. The van der Waals surface area contributed by atoms with Gasteiger partial charge in [-0.1, -0.05) is 0 Å². The number of ether oxygens (including phenoxy) is 1. The Bertz CT molecular complexity index is 271. The van der Waals surface area contributed by atoms with E-state index in [-0.39, 0.29) is 18.3 Å². The summed E-state index contributed by atoms with van der Waals surface area (Å²) in [6.45, 7) is 0. The number of amides is 1. The van der Waals surface area contributed by atoms with Crippen molar-refractivity contribution < 1.29 is 9.53 Å². The minimum Gasteiger partial charge on any atom is -0.497 e. The van der Waals surface area contributed by atoms with Crippen molar-refractivity contribution in [2.45, 2.75) is 0 Å². The second-order valence-corrected chi connectivity index (χ2v) is 2.31. The number of hydrogen-bond acceptors (Lipinski definition) is 2. The van der Waals surface area contributed by atoms with Crippen molar-refractivity contribution in [1.82, 2.24) is 5.32 Å². The Balaban J connectivity index is 0.00000144. The molecule has 0 fully saturated rings. The molecule has 0 heterocycles. The quantitative estimate of drug-likeness (QED) is 0.787. The maximum absolute atomic E-state index is 11.1. The highest BCUT2D eigenvalue weighted by molar-refractivity contribution is 5.94. The van der Waals surface area contributed by atoms with Crippen molar-refractivity contribution in [3.63, 3.8) is 0 Å². The Kier molecular flexibility index (Phi) is 4.92. The first-order valence-corrected chi connectivity index (χ1v) is 3.64. The zero-order chi connectivity index (χ0) is 8.97. The Morgan fingerprint density at radius 1 is 1.31 bits per heavy atom. The van der Waals surface area contributed by atoms with E-state index in [2.05, 4.69) is 5.32 Å². The largest absolute Gasteiger partial charge is 0.497 e. The second-order valence-electron chi connectivity index (χ2n) is 2.31. The molecule has 1 N–H and O–H groups in total. The second kappa shape index (κ2) is 5.43. The number of carbonyl (C=O) groups is 1. The zero-order valence-electron chi connectivity index (χ0n) is 7.53. The van der Waals surface area contributed by atoms with Gasteiger partial charge < -0.3 is 10.1 Å². The van der Waals surface area contributed by atoms with Crippen LogP contribution in [0.2, 0.25) is 0 Å². The molecule has 0 spiro atoms. The summed E-state index contributed by atoms with van der Waals surface area (Å²) in [5, 5.41) is 2.54. The zero-order valence-corrected chi connectivity index (χ0v) is 8.35. The molecule has 0 saturated carbocycles. The van der Waals surface area contributed by atoms with E-state index >= 15 is 0 Å². The molecule has 1 rings (SSSR count). The predicted molar refractivity (Wildman–Crippen MR) is 53.6 cm³/mol. The highest BCUT2D eigenvalue weighted by Gasteiger charge is 2.01. The Labute approximate surface area is 83.5 Å². The van der Waals surface area contributed by atoms with Gasteiger partial charge in [0.05, 0.1) is 7.11 Å². The summed E-state index contributed by atoms with van der Waals surface area (Å²) in [5.41, 5.74) is 0.637. The number of methoxy groups -OCH3 is 1. The number of nitrogens with one attached hydrogen (secondary N) is 1. The van der Waals surface area contributed by atoms with E-state index in [0.717, 1.165) is 5.75 Å². The van der Waals surface area contributed by atoms with Crippen LogP contribution < -0.4 is 10.1 Å². The third kappa shape index (κ3) is 2.95. The van der Waals surface area contributed by atoms with Gasteiger partial charge in [0.1, 0.15) is 5.75 Å². The SMILES string of the molecule is CNC(=O)c1ccc(OC)cc1.Cl.